The van der Waals surface area contributed by atoms with Crippen LogP contribution >= 0.6 is 11.6 Å². The number of rotatable bonds is 9. The van der Waals surface area contributed by atoms with Crippen LogP contribution in [0.25, 0.3) is 0 Å². The molecule has 2 rings (SSSR count). The SMILES string of the molecule is COCCCNC(=O)c1ccccc1NC(=O)c1ccc(NS(C)(=O)=O)c(Cl)c1. The average molecular weight is 440 g/mol. The van der Waals surface area contributed by atoms with Gasteiger partial charge in [0, 0.05) is 25.8 Å². The van der Waals surface area contributed by atoms with Gasteiger partial charge in [-0.05, 0) is 36.8 Å². The maximum atomic E-state index is 12.6. The third kappa shape index (κ3) is 7.04. The topological polar surface area (TPSA) is 114 Å². The summed E-state index contributed by atoms with van der Waals surface area (Å²) in [6.07, 6.45) is 1.67. The third-order valence-electron chi connectivity index (χ3n) is 3.76. The molecule has 0 aliphatic carbocycles. The Labute approximate surface area is 174 Å². The van der Waals surface area contributed by atoms with Crippen molar-refractivity contribution in [3.63, 3.8) is 0 Å². The van der Waals surface area contributed by atoms with Gasteiger partial charge in [-0.1, -0.05) is 23.7 Å². The van der Waals surface area contributed by atoms with Gasteiger partial charge in [0.25, 0.3) is 11.8 Å². The maximum Gasteiger partial charge on any atom is 0.255 e. The minimum Gasteiger partial charge on any atom is -0.385 e. The Morgan fingerprint density at radius 2 is 1.79 bits per heavy atom. The van der Waals surface area contributed by atoms with Gasteiger partial charge in [-0.25, -0.2) is 8.42 Å². The molecule has 0 heterocycles. The van der Waals surface area contributed by atoms with Crippen LogP contribution in [0.4, 0.5) is 11.4 Å². The fourth-order valence-corrected chi connectivity index (χ4v) is 3.30. The number of carbonyl (C=O) groups is 2. The molecule has 3 N–H and O–H groups in total. The number of sulfonamides is 1. The molecule has 8 nitrogen and oxygen atoms in total. The molecule has 0 bridgehead atoms. The molecule has 10 heteroatoms. The minimum absolute atomic E-state index is 0.0762. The second-order valence-electron chi connectivity index (χ2n) is 6.17. The van der Waals surface area contributed by atoms with Crippen molar-refractivity contribution in [2.45, 2.75) is 6.42 Å². The highest BCUT2D eigenvalue weighted by Gasteiger charge is 2.15. The van der Waals surface area contributed by atoms with E-state index in [-0.39, 0.29) is 22.2 Å². The molecule has 0 aliphatic heterocycles. The Morgan fingerprint density at radius 1 is 1.07 bits per heavy atom. The van der Waals surface area contributed by atoms with Crippen molar-refractivity contribution in [3.05, 3.63) is 58.6 Å². The summed E-state index contributed by atoms with van der Waals surface area (Å²) in [7, 11) is -1.91. The first-order valence-electron chi connectivity index (χ1n) is 8.66. The number of hydrogen-bond acceptors (Lipinski definition) is 5. The number of benzene rings is 2. The molecule has 0 aliphatic rings. The second kappa shape index (κ2) is 10.2. The zero-order chi connectivity index (χ0) is 21.4. The molecule has 0 fully saturated rings. The molecule has 0 atom stereocenters. The van der Waals surface area contributed by atoms with E-state index >= 15 is 0 Å². The Morgan fingerprint density at radius 3 is 2.45 bits per heavy atom. The molecule has 0 aromatic heterocycles. The number of methoxy groups -OCH3 is 1. The fourth-order valence-electron chi connectivity index (χ4n) is 2.44. The number of carbonyl (C=O) groups excluding carboxylic acids is 2. The largest absolute Gasteiger partial charge is 0.385 e. The van der Waals surface area contributed by atoms with Crippen LogP contribution in [0.2, 0.25) is 5.02 Å². The number of anilines is 2. The number of para-hydroxylation sites is 1. The van der Waals surface area contributed by atoms with Gasteiger partial charge in [0.15, 0.2) is 0 Å². The second-order valence-corrected chi connectivity index (χ2v) is 8.33. The molecular formula is C19H22ClN3O5S. The molecule has 0 radical (unpaired) electrons. The molecule has 0 spiro atoms. The Bertz CT molecular complexity index is 995. The molecule has 2 amide bonds. The zero-order valence-electron chi connectivity index (χ0n) is 16.0. The first kappa shape index (κ1) is 22.7. The lowest BCUT2D eigenvalue weighted by atomic mass is 10.1. The van der Waals surface area contributed by atoms with E-state index in [2.05, 4.69) is 15.4 Å². The van der Waals surface area contributed by atoms with E-state index in [1.54, 1.807) is 31.4 Å². The molecule has 2 aromatic carbocycles. The van der Waals surface area contributed by atoms with Gasteiger partial charge in [-0.2, -0.15) is 0 Å². The quantitative estimate of drug-likeness (QED) is 0.520. The highest BCUT2D eigenvalue weighted by Crippen LogP contribution is 2.25. The summed E-state index contributed by atoms with van der Waals surface area (Å²) in [5.41, 5.74) is 1.04. The number of nitrogens with one attached hydrogen (secondary N) is 3. The molecule has 0 saturated heterocycles. The van der Waals surface area contributed by atoms with E-state index in [4.69, 9.17) is 16.3 Å². The summed E-state index contributed by atoms with van der Waals surface area (Å²) < 4.78 is 29.9. The lowest BCUT2D eigenvalue weighted by Crippen LogP contribution is -2.26. The van der Waals surface area contributed by atoms with E-state index in [0.717, 1.165) is 6.26 Å². The summed E-state index contributed by atoms with van der Waals surface area (Å²) in [4.78, 5) is 25.0. The fraction of sp³-hybridized carbons (Fsp3) is 0.263. The van der Waals surface area contributed by atoms with Gasteiger partial charge in [-0.15, -0.1) is 0 Å². The molecule has 156 valence electrons. The van der Waals surface area contributed by atoms with E-state index < -0.39 is 15.9 Å². The van der Waals surface area contributed by atoms with Gasteiger partial charge in [-0.3, -0.25) is 14.3 Å². The van der Waals surface area contributed by atoms with Gasteiger partial charge >= 0.3 is 0 Å². The van der Waals surface area contributed by atoms with Crippen LogP contribution in [0.5, 0.6) is 0 Å². The van der Waals surface area contributed by atoms with E-state index in [0.29, 0.717) is 30.8 Å². The summed E-state index contributed by atoms with van der Waals surface area (Å²) in [5, 5.41) is 5.53. The summed E-state index contributed by atoms with van der Waals surface area (Å²) >= 11 is 6.07. The van der Waals surface area contributed by atoms with Crippen LogP contribution < -0.4 is 15.4 Å². The highest BCUT2D eigenvalue weighted by atomic mass is 35.5. The van der Waals surface area contributed by atoms with Crippen molar-refractivity contribution in [2.24, 2.45) is 0 Å². The standard InChI is InChI=1S/C19H22ClN3O5S/c1-28-11-5-10-21-19(25)14-6-3-4-7-16(14)22-18(24)13-8-9-17(15(20)12-13)23-29(2,26)27/h3-4,6-9,12,23H,5,10-11H2,1-2H3,(H,21,25)(H,22,24). The molecule has 29 heavy (non-hydrogen) atoms. The Hall–Kier alpha value is -2.62. The minimum atomic E-state index is -3.50. The smallest absolute Gasteiger partial charge is 0.255 e. The van der Waals surface area contributed by atoms with Crippen LogP contribution in [0.3, 0.4) is 0 Å². The van der Waals surface area contributed by atoms with Crippen LogP contribution in [-0.4, -0.2) is 46.7 Å². The van der Waals surface area contributed by atoms with Crippen molar-refractivity contribution in [1.82, 2.24) is 5.32 Å². The van der Waals surface area contributed by atoms with E-state index in [1.807, 2.05) is 0 Å². The molecule has 0 unspecified atom stereocenters. The van der Waals surface area contributed by atoms with Crippen molar-refractivity contribution >= 4 is 44.8 Å². The Kier molecular flexibility index (Phi) is 8.00. The monoisotopic (exact) mass is 439 g/mol. The normalized spacial score (nSPS) is 11.0. The lowest BCUT2D eigenvalue weighted by molar-refractivity contribution is 0.0949. The first-order valence-corrected chi connectivity index (χ1v) is 10.9. The van der Waals surface area contributed by atoms with Crippen LogP contribution in [0, 0.1) is 0 Å². The van der Waals surface area contributed by atoms with Crippen molar-refractivity contribution in [2.75, 3.05) is 36.6 Å². The van der Waals surface area contributed by atoms with E-state index in [9.17, 15) is 18.0 Å². The number of ether oxygens (including phenoxy) is 1. The van der Waals surface area contributed by atoms with Crippen molar-refractivity contribution in [3.8, 4) is 0 Å². The van der Waals surface area contributed by atoms with Gasteiger partial charge in [0.05, 0.1) is 28.2 Å². The Balaban J connectivity index is 2.13. The lowest BCUT2D eigenvalue weighted by Gasteiger charge is -2.12. The number of halogens is 1. The highest BCUT2D eigenvalue weighted by molar-refractivity contribution is 7.92. The van der Waals surface area contributed by atoms with Gasteiger partial charge < -0.3 is 15.4 Å². The molecular weight excluding hydrogens is 418 g/mol. The summed E-state index contributed by atoms with van der Waals surface area (Å²) in [5.74, 6) is -0.805. The average Bonchev–Trinajstić information content (AvgIpc) is 2.66. The van der Waals surface area contributed by atoms with Crippen molar-refractivity contribution < 1.29 is 22.7 Å². The summed E-state index contributed by atoms with van der Waals surface area (Å²) in [6, 6.07) is 10.8. The van der Waals surface area contributed by atoms with Crippen LogP contribution in [0.1, 0.15) is 27.1 Å². The van der Waals surface area contributed by atoms with Crippen LogP contribution in [0.15, 0.2) is 42.5 Å². The summed E-state index contributed by atoms with van der Waals surface area (Å²) in [6.45, 7) is 0.975. The zero-order valence-corrected chi connectivity index (χ0v) is 17.6. The van der Waals surface area contributed by atoms with Gasteiger partial charge in [0.2, 0.25) is 10.0 Å². The maximum absolute atomic E-state index is 12.6. The molecule has 0 saturated carbocycles. The van der Waals surface area contributed by atoms with Crippen LogP contribution in [-0.2, 0) is 14.8 Å². The molecule has 2 aromatic rings. The predicted molar refractivity (Wildman–Crippen MR) is 113 cm³/mol. The predicted octanol–water partition coefficient (Wildman–Crippen LogP) is 2.73. The number of hydrogen-bond donors (Lipinski definition) is 3. The van der Waals surface area contributed by atoms with E-state index in [1.165, 1.54) is 18.2 Å². The van der Waals surface area contributed by atoms with Crippen molar-refractivity contribution in [1.29, 1.82) is 0 Å². The van der Waals surface area contributed by atoms with Gasteiger partial charge in [0.1, 0.15) is 0 Å². The first-order chi connectivity index (χ1) is 13.7. The third-order valence-corrected chi connectivity index (χ3v) is 4.66. The number of amides is 2.